The van der Waals surface area contributed by atoms with Gasteiger partial charge in [-0.25, -0.2) is 9.67 Å². The lowest BCUT2D eigenvalue weighted by molar-refractivity contribution is 0.878. The molecule has 0 bridgehead atoms. The smallest absolute Gasteiger partial charge is 0.103 e. The average Bonchev–Trinajstić information content (AvgIpc) is 3.08. The largest absolute Gasteiger partial charge is 0.378 e. The predicted octanol–water partition coefficient (Wildman–Crippen LogP) is 2.52. The number of nitrogens with zero attached hydrogens (tertiary/aromatic N) is 3. The first kappa shape index (κ1) is 11.5. The molecule has 19 heavy (non-hydrogen) atoms. The van der Waals surface area contributed by atoms with E-state index in [1.54, 1.807) is 6.20 Å². The monoisotopic (exact) mass is 253 g/mol. The molecule has 0 fully saturated rings. The van der Waals surface area contributed by atoms with Crippen LogP contribution in [-0.2, 0) is 6.54 Å². The molecule has 0 saturated carbocycles. The number of benzene rings is 1. The summed E-state index contributed by atoms with van der Waals surface area (Å²) in [4.78, 5) is 7.39. The zero-order valence-electron chi connectivity index (χ0n) is 10.7. The van der Waals surface area contributed by atoms with Crippen molar-refractivity contribution in [3.8, 4) is 5.69 Å². The van der Waals surface area contributed by atoms with Crippen LogP contribution in [0, 0.1) is 6.92 Å². The molecule has 0 atom stereocenters. The van der Waals surface area contributed by atoms with Crippen LogP contribution in [0.15, 0.2) is 48.9 Å². The van der Waals surface area contributed by atoms with Gasteiger partial charge in [-0.05, 0) is 25.1 Å². The second-order valence-electron chi connectivity index (χ2n) is 4.32. The van der Waals surface area contributed by atoms with Crippen molar-refractivity contribution in [2.24, 2.45) is 0 Å². The number of hydrogen-bond acceptors (Lipinski definition) is 3. The first-order chi connectivity index (χ1) is 9.33. The van der Waals surface area contributed by atoms with Crippen molar-refractivity contribution in [2.75, 3.05) is 5.32 Å². The molecule has 0 radical (unpaired) electrons. The van der Waals surface area contributed by atoms with Gasteiger partial charge >= 0.3 is 0 Å². The number of H-pyrrole nitrogens is 1. The Bertz CT molecular complexity index is 654. The highest BCUT2D eigenvalue weighted by Gasteiger charge is 2.04. The van der Waals surface area contributed by atoms with E-state index in [9.17, 15) is 0 Å². The number of aromatic amines is 1. The summed E-state index contributed by atoms with van der Waals surface area (Å²) in [6.45, 7) is 2.65. The van der Waals surface area contributed by atoms with Gasteiger partial charge in [0.15, 0.2) is 0 Å². The number of hydrogen-bond donors (Lipinski definition) is 2. The first-order valence-corrected chi connectivity index (χ1v) is 6.16. The fraction of sp³-hybridized carbons (Fsp3) is 0.143. The van der Waals surface area contributed by atoms with Crippen molar-refractivity contribution >= 4 is 5.69 Å². The minimum absolute atomic E-state index is 0.707. The first-order valence-electron chi connectivity index (χ1n) is 6.16. The molecule has 0 aliphatic heterocycles. The minimum Gasteiger partial charge on any atom is -0.378 e. The summed E-state index contributed by atoms with van der Waals surface area (Å²) in [5.41, 5.74) is 3.13. The summed E-state index contributed by atoms with van der Waals surface area (Å²) in [6.07, 6.45) is 5.55. The van der Waals surface area contributed by atoms with Crippen LogP contribution in [0.2, 0.25) is 0 Å². The molecule has 5 heteroatoms. The topological polar surface area (TPSA) is 58.5 Å². The Morgan fingerprint density at radius 3 is 2.89 bits per heavy atom. The summed E-state index contributed by atoms with van der Waals surface area (Å²) in [7, 11) is 0. The Morgan fingerprint density at radius 2 is 2.16 bits per heavy atom. The third-order valence-corrected chi connectivity index (χ3v) is 2.88. The molecule has 0 aliphatic rings. The van der Waals surface area contributed by atoms with Crippen LogP contribution >= 0.6 is 0 Å². The lowest BCUT2D eigenvalue weighted by Gasteiger charge is -2.11. The highest BCUT2D eigenvalue weighted by molar-refractivity contribution is 5.60. The van der Waals surface area contributed by atoms with Crippen molar-refractivity contribution in [3.63, 3.8) is 0 Å². The maximum Gasteiger partial charge on any atom is 0.103 e. The van der Waals surface area contributed by atoms with Crippen LogP contribution in [0.5, 0.6) is 0 Å². The van der Waals surface area contributed by atoms with Crippen LogP contribution in [0.3, 0.4) is 0 Å². The van der Waals surface area contributed by atoms with Crippen LogP contribution in [0.1, 0.15) is 11.5 Å². The third-order valence-electron chi connectivity index (χ3n) is 2.88. The van der Waals surface area contributed by atoms with Crippen LogP contribution < -0.4 is 5.32 Å². The summed E-state index contributed by atoms with van der Waals surface area (Å²) >= 11 is 0. The van der Waals surface area contributed by atoms with E-state index >= 15 is 0 Å². The molecular formula is C14H15N5. The zero-order valence-corrected chi connectivity index (χ0v) is 10.7. The van der Waals surface area contributed by atoms with E-state index in [0.29, 0.717) is 6.54 Å². The van der Waals surface area contributed by atoms with Gasteiger partial charge in [-0.1, -0.05) is 12.1 Å². The molecule has 0 saturated heterocycles. The quantitative estimate of drug-likeness (QED) is 0.751. The molecule has 3 aromatic rings. The van der Waals surface area contributed by atoms with E-state index < -0.39 is 0 Å². The number of para-hydroxylation sites is 2. The van der Waals surface area contributed by atoms with E-state index in [1.165, 1.54) is 0 Å². The second-order valence-corrected chi connectivity index (χ2v) is 4.32. The molecule has 1 aromatic carbocycles. The highest BCUT2D eigenvalue weighted by Crippen LogP contribution is 2.19. The highest BCUT2D eigenvalue weighted by atomic mass is 15.3. The lowest BCUT2D eigenvalue weighted by atomic mass is 10.2. The molecule has 5 nitrogen and oxygen atoms in total. The predicted molar refractivity (Wildman–Crippen MR) is 74.2 cm³/mol. The summed E-state index contributed by atoms with van der Waals surface area (Å²) in [5.74, 6) is 0.928. The maximum atomic E-state index is 4.26. The molecular weight excluding hydrogens is 238 g/mol. The van der Waals surface area contributed by atoms with Crippen LogP contribution in [-0.4, -0.2) is 19.7 Å². The average molecular weight is 253 g/mol. The lowest BCUT2D eigenvalue weighted by Crippen LogP contribution is -2.05. The van der Waals surface area contributed by atoms with Gasteiger partial charge in [-0.2, -0.15) is 5.10 Å². The van der Waals surface area contributed by atoms with Gasteiger partial charge in [-0.15, -0.1) is 0 Å². The SMILES string of the molecule is Cc1ncc(CNc2ccccc2-n2cccn2)[nH]1. The molecule has 0 spiro atoms. The van der Waals surface area contributed by atoms with Gasteiger partial charge in [0, 0.05) is 12.4 Å². The van der Waals surface area contributed by atoms with E-state index in [1.807, 2.05) is 54.3 Å². The Labute approximate surface area is 111 Å². The van der Waals surface area contributed by atoms with E-state index in [2.05, 4.69) is 20.4 Å². The van der Waals surface area contributed by atoms with Gasteiger partial charge in [0.25, 0.3) is 0 Å². The molecule has 2 aromatic heterocycles. The van der Waals surface area contributed by atoms with Crippen molar-refractivity contribution in [1.82, 2.24) is 19.7 Å². The number of nitrogens with one attached hydrogen (secondary N) is 2. The fourth-order valence-corrected chi connectivity index (χ4v) is 1.99. The second kappa shape index (κ2) is 4.97. The standard InChI is InChI=1S/C14H15N5/c1-11-15-9-12(18-11)10-16-13-5-2-3-6-14(13)19-8-4-7-17-19/h2-9,16H,10H2,1H3,(H,15,18). The van der Waals surface area contributed by atoms with Gasteiger partial charge in [0.05, 0.1) is 29.8 Å². The maximum absolute atomic E-state index is 4.26. The van der Waals surface area contributed by atoms with E-state index in [0.717, 1.165) is 22.9 Å². The number of anilines is 1. The molecule has 96 valence electrons. The van der Waals surface area contributed by atoms with Crippen molar-refractivity contribution < 1.29 is 0 Å². The van der Waals surface area contributed by atoms with Crippen LogP contribution in [0.25, 0.3) is 5.69 Å². The van der Waals surface area contributed by atoms with E-state index in [-0.39, 0.29) is 0 Å². The van der Waals surface area contributed by atoms with Gasteiger partial charge in [0.1, 0.15) is 5.82 Å². The van der Waals surface area contributed by atoms with Gasteiger partial charge in [0.2, 0.25) is 0 Å². The van der Waals surface area contributed by atoms with Gasteiger partial charge in [-0.3, -0.25) is 0 Å². The molecule has 0 amide bonds. The summed E-state index contributed by atoms with van der Waals surface area (Å²) < 4.78 is 1.85. The molecule has 0 unspecified atom stereocenters. The van der Waals surface area contributed by atoms with Crippen molar-refractivity contribution in [2.45, 2.75) is 13.5 Å². The summed E-state index contributed by atoms with van der Waals surface area (Å²) in [5, 5.41) is 7.66. The fourth-order valence-electron chi connectivity index (χ4n) is 1.99. The molecule has 2 N–H and O–H groups in total. The van der Waals surface area contributed by atoms with Gasteiger partial charge < -0.3 is 10.3 Å². The molecule has 2 heterocycles. The molecule has 0 aliphatic carbocycles. The minimum atomic E-state index is 0.707. The Balaban J connectivity index is 1.81. The third kappa shape index (κ3) is 2.49. The van der Waals surface area contributed by atoms with Crippen molar-refractivity contribution in [1.29, 1.82) is 0 Å². The molecule has 3 rings (SSSR count). The Morgan fingerprint density at radius 1 is 1.26 bits per heavy atom. The zero-order chi connectivity index (χ0) is 13.1. The number of aryl methyl sites for hydroxylation is 1. The van der Waals surface area contributed by atoms with Crippen molar-refractivity contribution in [3.05, 3.63) is 60.4 Å². The number of rotatable bonds is 4. The number of imidazole rings is 1. The van der Waals surface area contributed by atoms with Crippen LogP contribution in [0.4, 0.5) is 5.69 Å². The van der Waals surface area contributed by atoms with E-state index in [4.69, 9.17) is 0 Å². The Hall–Kier alpha value is -2.56. The summed E-state index contributed by atoms with van der Waals surface area (Å²) in [6, 6.07) is 10.00. The normalized spacial score (nSPS) is 10.6. The Kier molecular flexibility index (Phi) is 3.02. The number of aromatic nitrogens is 4.